The van der Waals surface area contributed by atoms with Crippen molar-refractivity contribution < 1.29 is 14.0 Å². The SMILES string of the molecule is COC(C)(C)c1noc(COc2nn(C)cc2Br)n1. The number of aryl methyl sites for hydroxylation is 1. The average Bonchev–Trinajstić information content (AvgIpc) is 2.94. The van der Waals surface area contributed by atoms with Gasteiger partial charge in [0.15, 0.2) is 6.61 Å². The summed E-state index contributed by atoms with van der Waals surface area (Å²) in [4.78, 5) is 4.23. The molecular weight excluding hydrogens is 316 g/mol. The highest BCUT2D eigenvalue weighted by Crippen LogP contribution is 2.24. The first kappa shape index (κ1) is 14.0. The summed E-state index contributed by atoms with van der Waals surface area (Å²) in [7, 11) is 3.40. The lowest BCUT2D eigenvalue weighted by Gasteiger charge is -2.17. The molecule has 2 rings (SSSR count). The van der Waals surface area contributed by atoms with E-state index in [2.05, 4.69) is 31.2 Å². The van der Waals surface area contributed by atoms with Gasteiger partial charge in [0.1, 0.15) is 5.60 Å². The molecule has 104 valence electrons. The second-order valence-corrected chi connectivity index (χ2v) is 5.33. The van der Waals surface area contributed by atoms with Crippen molar-refractivity contribution in [3.63, 3.8) is 0 Å². The topological polar surface area (TPSA) is 75.2 Å². The van der Waals surface area contributed by atoms with Gasteiger partial charge in [0.25, 0.3) is 5.89 Å². The molecule has 2 aromatic rings. The summed E-state index contributed by atoms with van der Waals surface area (Å²) in [5.74, 6) is 1.33. The third kappa shape index (κ3) is 3.13. The highest BCUT2D eigenvalue weighted by Gasteiger charge is 2.26. The second-order valence-electron chi connectivity index (χ2n) is 4.47. The van der Waals surface area contributed by atoms with E-state index in [1.54, 1.807) is 18.0 Å². The summed E-state index contributed by atoms with van der Waals surface area (Å²) in [6, 6.07) is 0. The number of rotatable bonds is 5. The molecule has 0 aliphatic heterocycles. The molecule has 0 radical (unpaired) electrons. The van der Waals surface area contributed by atoms with E-state index in [1.165, 1.54) is 0 Å². The molecule has 2 heterocycles. The van der Waals surface area contributed by atoms with Crippen LogP contribution in [0.1, 0.15) is 25.6 Å². The smallest absolute Gasteiger partial charge is 0.264 e. The Labute approximate surface area is 119 Å². The molecule has 8 heteroatoms. The third-order valence-electron chi connectivity index (χ3n) is 2.60. The quantitative estimate of drug-likeness (QED) is 0.834. The Morgan fingerprint density at radius 1 is 1.47 bits per heavy atom. The Morgan fingerprint density at radius 2 is 2.21 bits per heavy atom. The van der Waals surface area contributed by atoms with Gasteiger partial charge in [-0.2, -0.15) is 4.98 Å². The van der Waals surface area contributed by atoms with E-state index in [-0.39, 0.29) is 6.61 Å². The van der Waals surface area contributed by atoms with E-state index in [1.807, 2.05) is 20.9 Å². The van der Waals surface area contributed by atoms with Crippen molar-refractivity contribution in [3.8, 4) is 5.88 Å². The van der Waals surface area contributed by atoms with Crippen molar-refractivity contribution in [3.05, 3.63) is 22.4 Å². The minimum Gasteiger partial charge on any atom is -0.466 e. The van der Waals surface area contributed by atoms with E-state index in [0.717, 1.165) is 4.47 Å². The van der Waals surface area contributed by atoms with E-state index in [4.69, 9.17) is 14.0 Å². The van der Waals surface area contributed by atoms with Gasteiger partial charge in [-0.25, -0.2) is 0 Å². The van der Waals surface area contributed by atoms with Crippen LogP contribution in [0.4, 0.5) is 0 Å². The second kappa shape index (κ2) is 5.30. The summed E-state index contributed by atoms with van der Waals surface area (Å²) in [5.41, 5.74) is -0.590. The molecule has 0 saturated carbocycles. The number of nitrogens with zero attached hydrogens (tertiary/aromatic N) is 4. The molecule has 0 aliphatic rings. The molecule has 0 aliphatic carbocycles. The molecule has 0 aromatic carbocycles. The highest BCUT2D eigenvalue weighted by atomic mass is 79.9. The Morgan fingerprint density at radius 3 is 2.79 bits per heavy atom. The minimum absolute atomic E-state index is 0.155. The fraction of sp³-hybridized carbons (Fsp3) is 0.545. The van der Waals surface area contributed by atoms with Crippen LogP contribution in [-0.4, -0.2) is 27.0 Å². The maximum atomic E-state index is 5.49. The van der Waals surface area contributed by atoms with E-state index >= 15 is 0 Å². The summed E-state index contributed by atoms with van der Waals surface area (Å²) < 4.78 is 18.3. The van der Waals surface area contributed by atoms with Crippen LogP contribution in [0.5, 0.6) is 5.88 Å². The van der Waals surface area contributed by atoms with Crippen molar-refractivity contribution in [2.45, 2.75) is 26.1 Å². The molecule has 2 aromatic heterocycles. The monoisotopic (exact) mass is 330 g/mol. The van der Waals surface area contributed by atoms with Gasteiger partial charge in [-0.05, 0) is 29.8 Å². The highest BCUT2D eigenvalue weighted by molar-refractivity contribution is 9.10. The summed E-state index contributed by atoms with van der Waals surface area (Å²) in [6.45, 7) is 3.87. The van der Waals surface area contributed by atoms with Gasteiger partial charge in [0, 0.05) is 20.4 Å². The Hall–Kier alpha value is -1.41. The van der Waals surface area contributed by atoms with Crippen LogP contribution in [-0.2, 0) is 24.0 Å². The maximum Gasteiger partial charge on any atom is 0.264 e. The third-order valence-corrected chi connectivity index (χ3v) is 3.15. The van der Waals surface area contributed by atoms with Crippen LogP contribution < -0.4 is 4.74 Å². The van der Waals surface area contributed by atoms with Crippen molar-refractivity contribution in [1.82, 2.24) is 19.9 Å². The number of methoxy groups -OCH3 is 1. The standard InChI is InChI=1S/C11H15BrN4O3/c1-11(2,17-4)10-13-8(19-15-10)6-18-9-7(12)5-16(3)14-9/h5H,6H2,1-4H3. The number of ether oxygens (including phenoxy) is 2. The normalized spacial score (nSPS) is 11.8. The van der Waals surface area contributed by atoms with E-state index in [9.17, 15) is 0 Å². The van der Waals surface area contributed by atoms with Crippen LogP contribution in [0.3, 0.4) is 0 Å². The fourth-order valence-corrected chi connectivity index (χ4v) is 1.81. The van der Waals surface area contributed by atoms with Crippen LogP contribution in [0.15, 0.2) is 15.2 Å². The van der Waals surface area contributed by atoms with Gasteiger partial charge in [0.2, 0.25) is 11.7 Å². The lowest BCUT2D eigenvalue weighted by molar-refractivity contribution is 0.00973. The number of hydrogen-bond donors (Lipinski definition) is 0. The first-order valence-corrected chi connectivity index (χ1v) is 6.42. The average molecular weight is 331 g/mol. The van der Waals surface area contributed by atoms with Gasteiger partial charge in [0.05, 0.1) is 4.47 Å². The number of halogens is 1. The van der Waals surface area contributed by atoms with Crippen molar-refractivity contribution >= 4 is 15.9 Å². The molecule has 0 fully saturated rings. The molecule has 0 saturated heterocycles. The Balaban J connectivity index is 2.03. The van der Waals surface area contributed by atoms with Crippen LogP contribution in [0, 0.1) is 0 Å². The van der Waals surface area contributed by atoms with Gasteiger partial charge >= 0.3 is 0 Å². The summed E-state index contributed by atoms with van der Waals surface area (Å²) in [5, 5.41) is 8.00. The van der Waals surface area contributed by atoms with E-state index in [0.29, 0.717) is 17.6 Å². The zero-order valence-electron chi connectivity index (χ0n) is 11.2. The zero-order chi connectivity index (χ0) is 14.0. The lowest BCUT2D eigenvalue weighted by Crippen LogP contribution is -2.21. The van der Waals surface area contributed by atoms with Crippen LogP contribution >= 0.6 is 15.9 Å². The van der Waals surface area contributed by atoms with Gasteiger partial charge in [-0.15, -0.1) is 5.10 Å². The number of aromatic nitrogens is 4. The fourth-order valence-electron chi connectivity index (χ4n) is 1.32. The van der Waals surface area contributed by atoms with Crippen LogP contribution in [0.2, 0.25) is 0 Å². The molecule has 0 N–H and O–H groups in total. The largest absolute Gasteiger partial charge is 0.466 e. The lowest BCUT2D eigenvalue weighted by atomic mass is 10.1. The van der Waals surface area contributed by atoms with Crippen molar-refractivity contribution in [2.24, 2.45) is 7.05 Å². The molecule has 0 amide bonds. The minimum atomic E-state index is -0.590. The summed E-state index contributed by atoms with van der Waals surface area (Å²) >= 11 is 3.34. The molecule has 0 unspecified atom stereocenters. The van der Waals surface area contributed by atoms with E-state index < -0.39 is 5.60 Å². The zero-order valence-corrected chi connectivity index (χ0v) is 12.8. The van der Waals surface area contributed by atoms with Crippen molar-refractivity contribution in [1.29, 1.82) is 0 Å². The van der Waals surface area contributed by atoms with Gasteiger partial charge in [-0.3, -0.25) is 4.68 Å². The van der Waals surface area contributed by atoms with Gasteiger partial charge < -0.3 is 14.0 Å². The van der Waals surface area contributed by atoms with Gasteiger partial charge in [-0.1, -0.05) is 5.16 Å². The maximum absolute atomic E-state index is 5.49. The summed E-state index contributed by atoms with van der Waals surface area (Å²) in [6.07, 6.45) is 1.79. The first-order chi connectivity index (χ1) is 8.92. The molecule has 0 bridgehead atoms. The Kier molecular flexibility index (Phi) is 3.91. The Bertz CT molecular complexity index is 564. The molecule has 7 nitrogen and oxygen atoms in total. The predicted octanol–water partition coefficient (Wildman–Crippen LogP) is 2.03. The molecule has 0 spiro atoms. The first-order valence-electron chi connectivity index (χ1n) is 5.62. The molecule has 0 atom stereocenters. The predicted molar refractivity (Wildman–Crippen MR) is 69.6 cm³/mol. The van der Waals surface area contributed by atoms with Crippen molar-refractivity contribution in [2.75, 3.05) is 7.11 Å². The molecule has 19 heavy (non-hydrogen) atoms. The molecular formula is C11H15BrN4O3. The number of hydrogen-bond acceptors (Lipinski definition) is 6. The van der Waals surface area contributed by atoms with Crippen LogP contribution in [0.25, 0.3) is 0 Å².